The maximum absolute atomic E-state index is 14.6. The molecule has 4 aromatic rings. The van der Waals surface area contributed by atoms with Crippen LogP contribution < -0.4 is 20.5 Å². The first-order chi connectivity index (χ1) is 16.2. The number of nitrogens with zero attached hydrogens (tertiary/aromatic N) is 1. The molecule has 1 amide bonds. The number of carbonyl (C=O) groups is 1. The number of aryl methyl sites for hydroxylation is 3. The smallest absolute Gasteiger partial charge is 0.268 e. The fourth-order valence-electron chi connectivity index (χ4n) is 4.19. The summed E-state index contributed by atoms with van der Waals surface area (Å²) in [6, 6.07) is 14.9. The highest BCUT2D eigenvalue weighted by Gasteiger charge is 2.36. The summed E-state index contributed by atoms with van der Waals surface area (Å²) >= 11 is 6.30. The quantitative estimate of drug-likeness (QED) is 0.295. The van der Waals surface area contributed by atoms with Crippen molar-refractivity contribution in [2.75, 3.05) is 7.11 Å². The number of benzene rings is 2. The number of carbonyl (C=O) groups excluding carboxylic acids is 1. The van der Waals surface area contributed by atoms with Crippen LogP contribution in [-0.2, 0) is 29.1 Å². The van der Waals surface area contributed by atoms with E-state index in [1.54, 1.807) is 18.2 Å². The number of rotatable bonds is 7. The Labute approximate surface area is 204 Å². The number of hydrogen-bond donors (Lipinski definition) is 2. The van der Waals surface area contributed by atoms with Crippen molar-refractivity contribution in [3.63, 3.8) is 0 Å². The number of amides is 1. The van der Waals surface area contributed by atoms with E-state index in [0.29, 0.717) is 33.1 Å². The third-order valence-corrected chi connectivity index (χ3v) is 8.58. The molecule has 34 heavy (non-hydrogen) atoms. The van der Waals surface area contributed by atoms with Gasteiger partial charge in [0.2, 0.25) is 0 Å². The van der Waals surface area contributed by atoms with Crippen LogP contribution in [0.15, 0.2) is 60.9 Å². The standard InChI is InChI=1S/C26H27ClN3O3P/c1-5-18-11-17(2)12-21(13-18)34(32,33-4)25-22-14-20(27)8-9-23(22)29-24(25)26(31)28-15-19-7-6-10-30(3)16-19/h6-14,16H,5,15H2,1-4H3,(H-,28,29,31,32)/p+1. The second kappa shape index (κ2) is 9.75. The lowest BCUT2D eigenvalue weighted by atomic mass is 10.1. The lowest BCUT2D eigenvalue weighted by Gasteiger charge is -2.19. The molecule has 4 rings (SSSR count). The number of aromatic amines is 1. The van der Waals surface area contributed by atoms with Crippen LogP contribution in [0.3, 0.4) is 0 Å². The minimum Gasteiger partial charge on any atom is -0.350 e. The van der Waals surface area contributed by atoms with Gasteiger partial charge in [-0.1, -0.05) is 30.2 Å². The summed E-state index contributed by atoms with van der Waals surface area (Å²) in [6.45, 7) is 4.33. The molecule has 176 valence electrons. The minimum atomic E-state index is -3.64. The van der Waals surface area contributed by atoms with Crippen LogP contribution in [0, 0.1) is 6.92 Å². The van der Waals surface area contributed by atoms with E-state index >= 15 is 0 Å². The van der Waals surface area contributed by atoms with Crippen molar-refractivity contribution in [1.82, 2.24) is 10.3 Å². The van der Waals surface area contributed by atoms with Gasteiger partial charge >= 0.3 is 0 Å². The van der Waals surface area contributed by atoms with E-state index < -0.39 is 7.37 Å². The Kier molecular flexibility index (Phi) is 6.94. The molecule has 0 aliphatic carbocycles. The monoisotopic (exact) mass is 496 g/mol. The Hall–Kier alpha value is -2.92. The Balaban J connectivity index is 1.86. The van der Waals surface area contributed by atoms with E-state index in [9.17, 15) is 9.36 Å². The summed E-state index contributed by atoms with van der Waals surface area (Å²) in [7, 11) is -0.296. The van der Waals surface area contributed by atoms with Gasteiger partial charge in [-0.3, -0.25) is 9.36 Å². The molecule has 0 aliphatic rings. The molecule has 1 atom stereocenters. The second-order valence-corrected chi connectivity index (χ2v) is 11.2. The van der Waals surface area contributed by atoms with Gasteiger partial charge in [-0.15, -0.1) is 0 Å². The van der Waals surface area contributed by atoms with Crippen LogP contribution in [0.4, 0.5) is 0 Å². The molecule has 0 fully saturated rings. The van der Waals surface area contributed by atoms with Gasteiger partial charge in [0.25, 0.3) is 13.3 Å². The lowest BCUT2D eigenvalue weighted by Crippen LogP contribution is -2.32. The Morgan fingerprint density at radius 3 is 2.68 bits per heavy atom. The van der Waals surface area contributed by atoms with Crippen molar-refractivity contribution >= 4 is 46.4 Å². The molecule has 2 aromatic carbocycles. The molecule has 0 radical (unpaired) electrons. The van der Waals surface area contributed by atoms with Gasteiger partial charge in [-0.2, -0.15) is 0 Å². The molecule has 0 bridgehead atoms. The average Bonchev–Trinajstić information content (AvgIpc) is 3.21. The van der Waals surface area contributed by atoms with Crippen LogP contribution in [0.25, 0.3) is 10.9 Å². The normalized spacial score (nSPS) is 13.1. The van der Waals surface area contributed by atoms with E-state index in [-0.39, 0.29) is 11.6 Å². The molecule has 2 heterocycles. The summed E-state index contributed by atoms with van der Waals surface area (Å²) in [6.07, 6.45) is 4.65. The average molecular weight is 497 g/mol. The van der Waals surface area contributed by atoms with Gasteiger partial charge in [0.15, 0.2) is 12.4 Å². The highest BCUT2D eigenvalue weighted by atomic mass is 35.5. The largest absolute Gasteiger partial charge is 0.350 e. The van der Waals surface area contributed by atoms with Gasteiger partial charge in [0.1, 0.15) is 12.7 Å². The highest BCUT2D eigenvalue weighted by molar-refractivity contribution is 7.75. The van der Waals surface area contributed by atoms with Crippen LogP contribution >= 0.6 is 19.0 Å². The number of H-pyrrole nitrogens is 1. The Morgan fingerprint density at radius 2 is 1.97 bits per heavy atom. The summed E-state index contributed by atoms with van der Waals surface area (Å²) in [5, 5.41) is 4.92. The summed E-state index contributed by atoms with van der Waals surface area (Å²) in [4.78, 5) is 16.6. The predicted octanol–water partition coefficient (Wildman–Crippen LogP) is 4.32. The topological polar surface area (TPSA) is 75.1 Å². The number of pyridine rings is 1. The molecule has 0 saturated heterocycles. The summed E-state index contributed by atoms with van der Waals surface area (Å²) in [5.41, 5.74) is 3.85. The zero-order chi connectivity index (χ0) is 24.5. The molecular weight excluding hydrogens is 469 g/mol. The predicted molar refractivity (Wildman–Crippen MR) is 137 cm³/mol. The zero-order valence-corrected chi connectivity index (χ0v) is 21.3. The summed E-state index contributed by atoms with van der Waals surface area (Å²) < 4.78 is 22.2. The minimum absolute atomic E-state index is 0.210. The van der Waals surface area contributed by atoms with Crippen LogP contribution in [-0.4, -0.2) is 18.0 Å². The van der Waals surface area contributed by atoms with E-state index in [1.165, 1.54) is 7.11 Å². The van der Waals surface area contributed by atoms with Crippen LogP contribution in [0.5, 0.6) is 0 Å². The van der Waals surface area contributed by atoms with E-state index in [4.69, 9.17) is 16.1 Å². The second-order valence-electron chi connectivity index (χ2n) is 8.36. The molecule has 0 spiro atoms. The van der Waals surface area contributed by atoms with Crippen molar-refractivity contribution in [3.8, 4) is 0 Å². The number of hydrogen-bond acceptors (Lipinski definition) is 3. The van der Waals surface area contributed by atoms with Crippen molar-refractivity contribution < 1.29 is 18.5 Å². The zero-order valence-electron chi connectivity index (χ0n) is 19.7. The molecule has 0 saturated carbocycles. The van der Waals surface area contributed by atoms with Gasteiger partial charge in [0.05, 0.1) is 5.30 Å². The number of halogens is 1. The van der Waals surface area contributed by atoms with Gasteiger partial charge < -0.3 is 14.8 Å². The first-order valence-electron chi connectivity index (χ1n) is 11.1. The third-order valence-electron chi connectivity index (χ3n) is 5.84. The molecular formula is C26H28ClN3O3P+. The van der Waals surface area contributed by atoms with E-state index in [2.05, 4.69) is 16.4 Å². The highest BCUT2D eigenvalue weighted by Crippen LogP contribution is 2.47. The maximum atomic E-state index is 14.6. The third kappa shape index (κ3) is 4.67. The number of aromatic nitrogens is 2. The van der Waals surface area contributed by atoms with Crippen molar-refractivity contribution in [1.29, 1.82) is 0 Å². The van der Waals surface area contributed by atoms with Gasteiger partial charge in [-0.05, 0) is 55.3 Å². The SMILES string of the molecule is CCc1cc(C)cc(P(=O)(OC)c2c(C(=O)NCc3ccc[n+](C)c3)[nH]c3ccc(Cl)cc23)c1. The maximum Gasteiger partial charge on any atom is 0.268 e. The van der Waals surface area contributed by atoms with Crippen molar-refractivity contribution in [3.05, 3.63) is 88.3 Å². The van der Waals surface area contributed by atoms with E-state index in [1.807, 2.05) is 62.1 Å². The van der Waals surface area contributed by atoms with Crippen LogP contribution in [0.2, 0.25) is 5.02 Å². The first-order valence-corrected chi connectivity index (χ1v) is 13.1. The van der Waals surface area contributed by atoms with Gasteiger partial charge in [0, 0.05) is 46.5 Å². The van der Waals surface area contributed by atoms with Crippen molar-refractivity contribution in [2.45, 2.75) is 26.8 Å². The molecule has 2 aromatic heterocycles. The van der Waals surface area contributed by atoms with Gasteiger partial charge in [-0.25, -0.2) is 4.57 Å². The van der Waals surface area contributed by atoms with Crippen molar-refractivity contribution in [2.24, 2.45) is 7.05 Å². The molecule has 6 nitrogen and oxygen atoms in total. The first kappa shape index (κ1) is 24.2. The molecule has 1 unspecified atom stereocenters. The molecule has 2 N–H and O–H groups in total. The van der Waals surface area contributed by atoms with E-state index in [0.717, 1.165) is 23.1 Å². The molecule has 0 aliphatic heterocycles. The fourth-order valence-corrected chi connectivity index (χ4v) is 6.67. The Bertz CT molecular complexity index is 1430. The number of fused-ring (bicyclic) bond motifs is 1. The molecule has 8 heteroatoms. The fraction of sp³-hybridized carbons (Fsp3) is 0.231. The Morgan fingerprint density at radius 1 is 1.18 bits per heavy atom. The lowest BCUT2D eigenvalue weighted by molar-refractivity contribution is -0.671. The number of nitrogens with one attached hydrogen (secondary N) is 2. The summed E-state index contributed by atoms with van der Waals surface area (Å²) in [5.74, 6) is -0.366. The van der Waals surface area contributed by atoms with Crippen LogP contribution in [0.1, 0.15) is 34.1 Å².